The molecular formula is C23H28N4O2S. The van der Waals surface area contributed by atoms with E-state index < -0.39 is 0 Å². The third kappa shape index (κ3) is 5.42. The number of aryl methyl sites for hydroxylation is 1. The second-order valence-electron chi connectivity index (χ2n) is 7.00. The first-order valence-corrected chi connectivity index (χ1v) is 11.2. The van der Waals surface area contributed by atoms with Crippen LogP contribution in [0.15, 0.2) is 53.7 Å². The number of nitrogens with one attached hydrogen (secondary N) is 1. The Morgan fingerprint density at radius 3 is 2.60 bits per heavy atom. The zero-order chi connectivity index (χ0) is 21.5. The van der Waals surface area contributed by atoms with Gasteiger partial charge in [-0.05, 0) is 51.5 Å². The molecule has 0 saturated heterocycles. The summed E-state index contributed by atoms with van der Waals surface area (Å²) in [6.45, 7) is 9.42. The molecule has 1 amide bonds. The fourth-order valence-electron chi connectivity index (χ4n) is 3.19. The van der Waals surface area contributed by atoms with Crippen molar-refractivity contribution in [3.63, 3.8) is 0 Å². The number of benzene rings is 2. The fourth-order valence-corrected chi connectivity index (χ4v) is 4.01. The summed E-state index contributed by atoms with van der Waals surface area (Å²) < 4.78 is 7.51. The molecule has 0 aliphatic heterocycles. The minimum atomic E-state index is -0.0827. The van der Waals surface area contributed by atoms with Crippen molar-refractivity contribution in [3.8, 4) is 17.1 Å². The predicted octanol–water partition coefficient (Wildman–Crippen LogP) is 4.64. The van der Waals surface area contributed by atoms with Crippen LogP contribution in [-0.2, 0) is 11.3 Å². The predicted molar refractivity (Wildman–Crippen MR) is 121 cm³/mol. The van der Waals surface area contributed by atoms with Crippen LogP contribution in [0.5, 0.6) is 5.75 Å². The molecule has 6 nitrogen and oxygen atoms in total. The van der Waals surface area contributed by atoms with Gasteiger partial charge in [-0.2, -0.15) is 0 Å². The second-order valence-corrected chi connectivity index (χ2v) is 7.94. The van der Waals surface area contributed by atoms with Gasteiger partial charge in [0.15, 0.2) is 11.0 Å². The van der Waals surface area contributed by atoms with Crippen LogP contribution in [0, 0.1) is 6.92 Å². The van der Waals surface area contributed by atoms with E-state index in [0.29, 0.717) is 6.61 Å². The summed E-state index contributed by atoms with van der Waals surface area (Å²) >= 11 is 1.40. The Labute approximate surface area is 182 Å². The minimum Gasteiger partial charge on any atom is -0.494 e. The summed E-state index contributed by atoms with van der Waals surface area (Å²) in [6.07, 6.45) is 0. The molecule has 30 heavy (non-hydrogen) atoms. The van der Waals surface area contributed by atoms with E-state index >= 15 is 0 Å². The van der Waals surface area contributed by atoms with Gasteiger partial charge in [0.25, 0.3) is 0 Å². The molecule has 0 fully saturated rings. The van der Waals surface area contributed by atoms with Gasteiger partial charge in [-0.15, -0.1) is 10.2 Å². The molecule has 0 saturated carbocycles. The zero-order valence-corrected chi connectivity index (χ0v) is 18.7. The molecule has 158 valence electrons. The highest BCUT2D eigenvalue weighted by Crippen LogP contribution is 2.25. The van der Waals surface area contributed by atoms with E-state index in [1.807, 2.05) is 54.8 Å². The Kier molecular flexibility index (Phi) is 7.52. The van der Waals surface area contributed by atoms with Crippen molar-refractivity contribution in [3.05, 3.63) is 59.7 Å². The summed E-state index contributed by atoms with van der Waals surface area (Å²) in [7, 11) is 0. The van der Waals surface area contributed by atoms with Crippen LogP contribution in [0.25, 0.3) is 11.4 Å². The Balaban J connectivity index is 1.60. The van der Waals surface area contributed by atoms with E-state index in [1.165, 1.54) is 17.3 Å². The smallest absolute Gasteiger partial charge is 0.230 e. The standard InChI is InChI=1S/C23H28N4O2S/c1-5-27-22(19-9-7-8-16(3)14-19)25-26-23(27)30-15-21(28)24-17(4)18-10-12-20(13-11-18)29-6-2/h7-14,17H,5-6,15H2,1-4H3,(H,24,28). The van der Waals surface area contributed by atoms with Gasteiger partial charge in [-0.1, -0.05) is 47.7 Å². The van der Waals surface area contributed by atoms with Crippen LogP contribution in [0.4, 0.5) is 0 Å². The van der Waals surface area contributed by atoms with Gasteiger partial charge < -0.3 is 14.6 Å². The molecule has 2 aromatic carbocycles. The van der Waals surface area contributed by atoms with Gasteiger partial charge in [-0.25, -0.2) is 0 Å². The summed E-state index contributed by atoms with van der Waals surface area (Å²) in [4.78, 5) is 12.5. The molecule has 1 unspecified atom stereocenters. The molecule has 0 bridgehead atoms. The summed E-state index contributed by atoms with van der Waals surface area (Å²) in [5, 5.41) is 12.5. The van der Waals surface area contributed by atoms with Crippen LogP contribution in [0.2, 0.25) is 0 Å². The lowest BCUT2D eigenvalue weighted by Gasteiger charge is -2.15. The Morgan fingerprint density at radius 1 is 1.17 bits per heavy atom. The fraction of sp³-hybridized carbons (Fsp3) is 0.348. The second kappa shape index (κ2) is 10.3. The largest absolute Gasteiger partial charge is 0.494 e. The van der Waals surface area contributed by atoms with Gasteiger partial charge in [0.1, 0.15) is 5.75 Å². The maximum absolute atomic E-state index is 12.5. The van der Waals surface area contributed by atoms with Crippen molar-refractivity contribution in [1.29, 1.82) is 0 Å². The number of nitrogens with zero attached hydrogens (tertiary/aromatic N) is 3. The van der Waals surface area contributed by atoms with Gasteiger partial charge >= 0.3 is 0 Å². The van der Waals surface area contributed by atoms with Gasteiger partial charge in [0.2, 0.25) is 5.91 Å². The Hall–Kier alpha value is -2.80. The SMILES string of the molecule is CCOc1ccc(C(C)NC(=O)CSc2nnc(-c3cccc(C)c3)n2CC)cc1. The van der Waals surface area contributed by atoms with E-state index in [1.54, 1.807) is 0 Å². The molecule has 0 aliphatic rings. The molecule has 1 heterocycles. The molecule has 7 heteroatoms. The monoisotopic (exact) mass is 424 g/mol. The quantitative estimate of drug-likeness (QED) is 0.507. The normalized spacial score (nSPS) is 11.9. The molecule has 3 rings (SSSR count). The number of rotatable bonds is 9. The van der Waals surface area contributed by atoms with Crippen molar-refractivity contribution in [2.45, 2.75) is 45.4 Å². The van der Waals surface area contributed by atoms with Crippen LogP contribution in [0.1, 0.15) is 37.9 Å². The molecule has 0 radical (unpaired) electrons. The number of hydrogen-bond donors (Lipinski definition) is 1. The lowest BCUT2D eigenvalue weighted by atomic mass is 10.1. The maximum Gasteiger partial charge on any atom is 0.230 e. The Bertz CT molecular complexity index is 985. The highest BCUT2D eigenvalue weighted by molar-refractivity contribution is 7.99. The van der Waals surface area contributed by atoms with Crippen molar-refractivity contribution in [1.82, 2.24) is 20.1 Å². The number of ether oxygens (including phenoxy) is 1. The third-order valence-corrected chi connectivity index (χ3v) is 5.68. The summed E-state index contributed by atoms with van der Waals surface area (Å²) in [6, 6.07) is 15.9. The van der Waals surface area contributed by atoms with Crippen LogP contribution in [-0.4, -0.2) is 33.0 Å². The number of aromatic nitrogens is 3. The van der Waals surface area contributed by atoms with Gasteiger partial charge in [0.05, 0.1) is 18.4 Å². The van der Waals surface area contributed by atoms with E-state index in [0.717, 1.165) is 34.4 Å². The zero-order valence-electron chi connectivity index (χ0n) is 17.9. The van der Waals surface area contributed by atoms with E-state index in [4.69, 9.17) is 4.74 Å². The average Bonchev–Trinajstić information content (AvgIpc) is 3.16. The number of hydrogen-bond acceptors (Lipinski definition) is 5. The highest BCUT2D eigenvalue weighted by atomic mass is 32.2. The molecular weight excluding hydrogens is 396 g/mol. The lowest BCUT2D eigenvalue weighted by molar-refractivity contribution is -0.119. The Morgan fingerprint density at radius 2 is 1.93 bits per heavy atom. The van der Waals surface area contributed by atoms with Crippen molar-refractivity contribution in [2.75, 3.05) is 12.4 Å². The molecule has 0 aliphatic carbocycles. The lowest BCUT2D eigenvalue weighted by Crippen LogP contribution is -2.28. The van der Waals surface area contributed by atoms with E-state index in [9.17, 15) is 4.79 Å². The van der Waals surface area contributed by atoms with Crippen LogP contribution < -0.4 is 10.1 Å². The third-order valence-electron chi connectivity index (χ3n) is 4.71. The molecule has 3 aromatic rings. The first-order valence-electron chi connectivity index (χ1n) is 10.2. The molecule has 1 N–H and O–H groups in total. The summed E-state index contributed by atoms with van der Waals surface area (Å²) in [5.74, 6) is 1.91. The maximum atomic E-state index is 12.5. The summed E-state index contributed by atoms with van der Waals surface area (Å²) in [5.41, 5.74) is 3.25. The first kappa shape index (κ1) is 21.9. The number of amides is 1. The van der Waals surface area contributed by atoms with Crippen molar-refractivity contribution < 1.29 is 9.53 Å². The minimum absolute atomic E-state index is 0.0378. The van der Waals surface area contributed by atoms with Crippen molar-refractivity contribution >= 4 is 17.7 Å². The topological polar surface area (TPSA) is 69.0 Å². The van der Waals surface area contributed by atoms with Crippen molar-refractivity contribution in [2.24, 2.45) is 0 Å². The van der Waals surface area contributed by atoms with Gasteiger partial charge in [0, 0.05) is 12.1 Å². The highest BCUT2D eigenvalue weighted by Gasteiger charge is 2.16. The van der Waals surface area contributed by atoms with Gasteiger partial charge in [-0.3, -0.25) is 4.79 Å². The number of carbonyl (C=O) groups is 1. The molecule has 1 atom stereocenters. The van der Waals surface area contributed by atoms with E-state index in [-0.39, 0.29) is 17.7 Å². The number of carbonyl (C=O) groups excluding carboxylic acids is 1. The van der Waals surface area contributed by atoms with Crippen LogP contribution >= 0.6 is 11.8 Å². The average molecular weight is 425 g/mol. The molecule has 1 aromatic heterocycles. The number of thioether (sulfide) groups is 1. The van der Waals surface area contributed by atoms with E-state index in [2.05, 4.69) is 41.5 Å². The molecule has 0 spiro atoms. The first-order chi connectivity index (χ1) is 14.5. The van der Waals surface area contributed by atoms with Crippen LogP contribution in [0.3, 0.4) is 0 Å².